The van der Waals surface area contributed by atoms with E-state index >= 15 is 0 Å². The fourth-order valence-electron chi connectivity index (χ4n) is 2.53. The van der Waals surface area contributed by atoms with E-state index in [1.165, 1.54) is 23.9 Å². The second kappa shape index (κ2) is 7.38. The predicted molar refractivity (Wildman–Crippen MR) is 93.2 cm³/mol. The highest BCUT2D eigenvalue weighted by atomic mass is 19.1. The Morgan fingerprint density at radius 1 is 1.12 bits per heavy atom. The average Bonchev–Trinajstić information content (AvgIpc) is 2.95. The molecule has 0 fully saturated rings. The van der Waals surface area contributed by atoms with Gasteiger partial charge in [-0.3, -0.25) is 0 Å². The summed E-state index contributed by atoms with van der Waals surface area (Å²) < 4.78 is 27.3. The number of ether oxygens (including phenoxy) is 2. The lowest BCUT2D eigenvalue weighted by atomic mass is 10.1. The van der Waals surface area contributed by atoms with Gasteiger partial charge in [-0.05, 0) is 48.0 Å². The van der Waals surface area contributed by atoms with Crippen molar-refractivity contribution >= 4 is 0 Å². The maximum atomic E-state index is 13.5. The fraction of sp³-hybridized carbons (Fsp3) is 0.278. The molecule has 0 saturated heterocycles. The Morgan fingerprint density at radius 2 is 1.92 bits per heavy atom. The summed E-state index contributed by atoms with van der Waals surface area (Å²) in [5, 5.41) is 7.62. The van der Waals surface area contributed by atoms with E-state index in [0.717, 1.165) is 10.2 Å². The van der Waals surface area contributed by atoms with Gasteiger partial charge in [-0.25, -0.2) is 9.18 Å². The second-order valence-corrected chi connectivity index (χ2v) is 5.68. The van der Waals surface area contributed by atoms with E-state index < -0.39 is 0 Å². The van der Waals surface area contributed by atoms with Crippen molar-refractivity contribution < 1.29 is 13.9 Å². The summed E-state index contributed by atoms with van der Waals surface area (Å²) in [6.45, 7) is 4.23. The standard InChI is InChI=1S/C18H19FN4O3/c1-4-25-16-7-5-6-15(23-18(24)22(3)20-21-23)14(16)11-26-17-10-13(19)9-8-12(17)2/h5-10H,4,11H2,1-3H3. The number of tetrazole rings is 1. The van der Waals surface area contributed by atoms with Crippen LogP contribution in [0.25, 0.3) is 5.69 Å². The molecule has 1 aromatic heterocycles. The van der Waals surface area contributed by atoms with Crippen molar-refractivity contribution in [3.05, 3.63) is 63.8 Å². The Labute approximate surface area is 149 Å². The van der Waals surface area contributed by atoms with Gasteiger partial charge in [0.2, 0.25) is 0 Å². The Hall–Kier alpha value is -3.16. The van der Waals surface area contributed by atoms with Crippen LogP contribution in [-0.4, -0.2) is 26.4 Å². The maximum absolute atomic E-state index is 13.5. The molecule has 0 bridgehead atoms. The number of aromatic nitrogens is 4. The summed E-state index contributed by atoms with van der Waals surface area (Å²) in [6.07, 6.45) is 0. The number of aryl methyl sites for hydroxylation is 2. The van der Waals surface area contributed by atoms with Crippen molar-refractivity contribution in [1.29, 1.82) is 0 Å². The van der Waals surface area contributed by atoms with Crippen molar-refractivity contribution in [3.63, 3.8) is 0 Å². The molecule has 0 saturated carbocycles. The lowest BCUT2D eigenvalue weighted by Crippen LogP contribution is -2.23. The first-order valence-corrected chi connectivity index (χ1v) is 8.14. The Balaban J connectivity index is 2.02. The summed E-state index contributed by atoms with van der Waals surface area (Å²) in [6, 6.07) is 9.63. The van der Waals surface area contributed by atoms with Crippen LogP contribution in [-0.2, 0) is 13.7 Å². The summed E-state index contributed by atoms with van der Waals surface area (Å²) >= 11 is 0. The predicted octanol–water partition coefficient (Wildman–Crippen LogP) is 2.39. The van der Waals surface area contributed by atoms with Gasteiger partial charge in [0.05, 0.1) is 17.9 Å². The molecule has 3 aromatic rings. The molecule has 8 heteroatoms. The topological polar surface area (TPSA) is 71.2 Å². The fourth-order valence-corrected chi connectivity index (χ4v) is 2.53. The van der Waals surface area contributed by atoms with Crippen molar-refractivity contribution in [3.8, 4) is 17.2 Å². The van der Waals surface area contributed by atoms with Crippen LogP contribution >= 0.6 is 0 Å². The largest absolute Gasteiger partial charge is 0.493 e. The molecule has 3 rings (SSSR count). The van der Waals surface area contributed by atoms with Gasteiger partial charge in [0.25, 0.3) is 0 Å². The monoisotopic (exact) mass is 358 g/mol. The highest BCUT2D eigenvalue weighted by molar-refractivity contribution is 5.49. The van der Waals surface area contributed by atoms with Crippen LogP contribution in [0.3, 0.4) is 0 Å². The highest BCUT2D eigenvalue weighted by Crippen LogP contribution is 2.27. The lowest BCUT2D eigenvalue weighted by molar-refractivity contribution is 0.283. The van der Waals surface area contributed by atoms with Crippen LogP contribution in [0.2, 0.25) is 0 Å². The zero-order chi connectivity index (χ0) is 18.7. The molecule has 136 valence electrons. The highest BCUT2D eigenvalue weighted by Gasteiger charge is 2.16. The summed E-state index contributed by atoms with van der Waals surface area (Å²) in [7, 11) is 1.52. The van der Waals surface area contributed by atoms with Crippen molar-refractivity contribution in [2.45, 2.75) is 20.5 Å². The molecular weight excluding hydrogens is 339 g/mol. The molecule has 0 radical (unpaired) electrons. The molecule has 0 aliphatic heterocycles. The van der Waals surface area contributed by atoms with Crippen LogP contribution in [0.15, 0.2) is 41.2 Å². The van der Waals surface area contributed by atoms with Gasteiger partial charge < -0.3 is 9.47 Å². The molecule has 7 nitrogen and oxygen atoms in total. The van der Waals surface area contributed by atoms with Crippen LogP contribution < -0.4 is 15.2 Å². The van der Waals surface area contributed by atoms with Crippen molar-refractivity contribution in [1.82, 2.24) is 19.8 Å². The maximum Gasteiger partial charge on any atom is 0.368 e. The van der Waals surface area contributed by atoms with Gasteiger partial charge in [-0.1, -0.05) is 12.1 Å². The van der Waals surface area contributed by atoms with Gasteiger partial charge in [-0.2, -0.15) is 9.36 Å². The Bertz CT molecular complexity index is 981. The van der Waals surface area contributed by atoms with Gasteiger partial charge in [0, 0.05) is 13.1 Å². The van der Waals surface area contributed by atoms with Crippen LogP contribution in [0.5, 0.6) is 11.5 Å². The van der Waals surface area contributed by atoms with E-state index in [1.807, 2.05) is 13.8 Å². The third kappa shape index (κ3) is 3.44. The zero-order valence-electron chi connectivity index (χ0n) is 14.8. The molecule has 0 spiro atoms. The van der Waals surface area contributed by atoms with Gasteiger partial charge in [-0.15, -0.1) is 0 Å². The van der Waals surface area contributed by atoms with E-state index in [1.54, 1.807) is 24.3 Å². The Kier molecular flexibility index (Phi) is 5.01. The van der Waals surface area contributed by atoms with E-state index in [0.29, 0.717) is 29.4 Å². The first-order chi connectivity index (χ1) is 12.5. The molecule has 2 aromatic carbocycles. The molecular formula is C18H19FN4O3. The third-order valence-electron chi connectivity index (χ3n) is 3.88. The number of rotatable bonds is 6. The van der Waals surface area contributed by atoms with E-state index in [4.69, 9.17) is 9.47 Å². The molecule has 0 N–H and O–H groups in total. The van der Waals surface area contributed by atoms with E-state index in [-0.39, 0.29) is 18.1 Å². The summed E-state index contributed by atoms with van der Waals surface area (Å²) in [5.74, 6) is 0.611. The zero-order valence-corrected chi connectivity index (χ0v) is 14.8. The van der Waals surface area contributed by atoms with E-state index in [2.05, 4.69) is 10.4 Å². The number of hydrogen-bond acceptors (Lipinski definition) is 5. The number of benzene rings is 2. The van der Waals surface area contributed by atoms with Gasteiger partial charge in [0.1, 0.15) is 23.9 Å². The van der Waals surface area contributed by atoms with Crippen LogP contribution in [0, 0.1) is 12.7 Å². The molecule has 0 aliphatic rings. The van der Waals surface area contributed by atoms with Gasteiger partial charge in [0.15, 0.2) is 0 Å². The minimum absolute atomic E-state index is 0.0822. The summed E-state index contributed by atoms with van der Waals surface area (Å²) in [5.41, 5.74) is 1.55. The summed E-state index contributed by atoms with van der Waals surface area (Å²) in [4.78, 5) is 12.2. The molecule has 0 aliphatic carbocycles. The normalized spacial score (nSPS) is 10.8. The number of hydrogen-bond donors (Lipinski definition) is 0. The minimum Gasteiger partial charge on any atom is -0.493 e. The first kappa shape index (κ1) is 17.7. The van der Waals surface area contributed by atoms with Gasteiger partial charge >= 0.3 is 5.69 Å². The average molecular weight is 358 g/mol. The molecule has 0 amide bonds. The molecule has 0 atom stereocenters. The van der Waals surface area contributed by atoms with Crippen molar-refractivity contribution in [2.24, 2.45) is 7.05 Å². The first-order valence-electron chi connectivity index (χ1n) is 8.14. The van der Waals surface area contributed by atoms with E-state index in [9.17, 15) is 9.18 Å². The number of nitrogens with zero attached hydrogens (tertiary/aromatic N) is 4. The smallest absolute Gasteiger partial charge is 0.368 e. The van der Waals surface area contributed by atoms with Crippen LogP contribution in [0.4, 0.5) is 4.39 Å². The SMILES string of the molecule is CCOc1cccc(-n2nnn(C)c2=O)c1COc1cc(F)ccc1C. The molecule has 0 unspecified atom stereocenters. The molecule has 26 heavy (non-hydrogen) atoms. The lowest BCUT2D eigenvalue weighted by Gasteiger charge is -2.16. The third-order valence-corrected chi connectivity index (χ3v) is 3.88. The Morgan fingerprint density at radius 3 is 2.62 bits per heavy atom. The number of halogens is 1. The van der Waals surface area contributed by atoms with Crippen molar-refractivity contribution in [2.75, 3.05) is 6.61 Å². The molecule has 1 heterocycles. The second-order valence-electron chi connectivity index (χ2n) is 5.68. The quantitative estimate of drug-likeness (QED) is 0.677. The minimum atomic E-state index is -0.387. The van der Waals surface area contributed by atoms with Crippen LogP contribution in [0.1, 0.15) is 18.1 Å².